The number of thiazole rings is 1. The van der Waals surface area contributed by atoms with Crippen molar-refractivity contribution in [3.63, 3.8) is 0 Å². The molecule has 1 aliphatic heterocycles. The van der Waals surface area contributed by atoms with E-state index >= 15 is 0 Å². The van der Waals surface area contributed by atoms with Gasteiger partial charge in [-0.05, 0) is 44.0 Å². The number of amides is 3. The fraction of sp³-hybridized carbons (Fsp3) is 0.300. The Morgan fingerprint density at radius 1 is 1.18 bits per heavy atom. The number of allylic oxidation sites excluding steroid dienone is 2. The Kier molecular flexibility index (Phi) is 4.80. The molecule has 0 bridgehead atoms. The summed E-state index contributed by atoms with van der Waals surface area (Å²) in [5.74, 6) is -2.10. The van der Waals surface area contributed by atoms with E-state index in [2.05, 4.69) is 10.3 Å². The minimum atomic E-state index is -0.913. The van der Waals surface area contributed by atoms with Crippen LogP contribution in [0.2, 0.25) is 0 Å². The molecule has 4 rings (SSSR count). The molecule has 28 heavy (non-hydrogen) atoms. The van der Waals surface area contributed by atoms with E-state index in [9.17, 15) is 18.8 Å². The molecule has 1 aromatic heterocycles. The summed E-state index contributed by atoms with van der Waals surface area (Å²) >= 11 is 1.22. The Morgan fingerprint density at radius 3 is 2.39 bits per heavy atom. The van der Waals surface area contributed by atoms with Gasteiger partial charge in [0.25, 0.3) is 0 Å². The zero-order valence-corrected chi connectivity index (χ0v) is 15.9. The van der Waals surface area contributed by atoms with E-state index in [0.29, 0.717) is 23.7 Å². The van der Waals surface area contributed by atoms with Crippen molar-refractivity contribution in [3.05, 3.63) is 47.6 Å². The zero-order valence-electron chi connectivity index (χ0n) is 15.1. The molecule has 0 spiro atoms. The number of rotatable bonds is 4. The van der Waals surface area contributed by atoms with Gasteiger partial charge in [0, 0.05) is 10.9 Å². The Morgan fingerprint density at radius 2 is 1.79 bits per heavy atom. The van der Waals surface area contributed by atoms with Crippen molar-refractivity contribution in [2.24, 2.45) is 11.8 Å². The number of hydrogen-bond acceptors (Lipinski definition) is 5. The smallest absolute Gasteiger partial charge is 0.249 e. The van der Waals surface area contributed by atoms with Crippen molar-refractivity contribution in [1.82, 2.24) is 9.88 Å². The van der Waals surface area contributed by atoms with Crippen LogP contribution in [0.5, 0.6) is 0 Å². The molecule has 1 N–H and O–H groups in total. The quantitative estimate of drug-likeness (QED) is 0.632. The predicted octanol–water partition coefficient (Wildman–Crippen LogP) is 3.23. The molecule has 2 heterocycles. The summed E-state index contributed by atoms with van der Waals surface area (Å²) in [6.45, 7) is 1.55. The lowest BCUT2D eigenvalue weighted by molar-refractivity contribution is -0.146. The number of benzene rings is 1. The number of nitrogens with one attached hydrogen (secondary N) is 1. The molecule has 3 atom stereocenters. The number of fused-ring (bicyclic) bond motifs is 1. The van der Waals surface area contributed by atoms with Crippen molar-refractivity contribution in [3.8, 4) is 11.3 Å². The second-order valence-electron chi connectivity index (χ2n) is 6.91. The molecule has 1 saturated heterocycles. The van der Waals surface area contributed by atoms with E-state index in [4.69, 9.17) is 0 Å². The van der Waals surface area contributed by atoms with Gasteiger partial charge in [-0.1, -0.05) is 12.2 Å². The maximum Gasteiger partial charge on any atom is 0.249 e. The minimum absolute atomic E-state index is 0.284. The highest BCUT2D eigenvalue weighted by Crippen LogP contribution is 2.36. The summed E-state index contributed by atoms with van der Waals surface area (Å²) in [7, 11) is 0. The third kappa shape index (κ3) is 3.24. The summed E-state index contributed by atoms with van der Waals surface area (Å²) in [6.07, 6.45) is 4.89. The average Bonchev–Trinajstić information content (AvgIpc) is 3.25. The van der Waals surface area contributed by atoms with Crippen molar-refractivity contribution in [1.29, 1.82) is 0 Å². The molecule has 2 aromatic rings. The number of nitrogens with zero attached hydrogens (tertiary/aromatic N) is 2. The first-order chi connectivity index (χ1) is 13.5. The molecule has 0 unspecified atom stereocenters. The third-order valence-electron chi connectivity index (χ3n) is 5.18. The number of likely N-dealkylation sites (tertiary alicyclic amines) is 1. The summed E-state index contributed by atoms with van der Waals surface area (Å²) < 4.78 is 13.1. The van der Waals surface area contributed by atoms with Crippen LogP contribution in [-0.4, -0.2) is 33.6 Å². The number of imide groups is 1. The first kappa shape index (κ1) is 18.5. The maximum absolute atomic E-state index is 13.1. The van der Waals surface area contributed by atoms with E-state index < -0.39 is 11.9 Å². The first-order valence-corrected chi connectivity index (χ1v) is 9.88. The van der Waals surface area contributed by atoms with E-state index in [0.717, 1.165) is 10.5 Å². The summed E-state index contributed by atoms with van der Waals surface area (Å²) in [5, 5.41) is 4.78. The number of anilines is 1. The average molecular weight is 399 g/mol. The van der Waals surface area contributed by atoms with Crippen LogP contribution >= 0.6 is 11.3 Å². The molecule has 2 aliphatic rings. The second-order valence-corrected chi connectivity index (χ2v) is 7.77. The fourth-order valence-electron chi connectivity index (χ4n) is 3.62. The van der Waals surface area contributed by atoms with Crippen LogP contribution in [-0.2, 0) is 14.4 Å². The van der Waals surface area contributed by atoms with Crippen LogP contribution in [0.1, 0.15) is 19.8 Å². The first-order valence-electron chi connectivity index (χ1n) is 9.00. The van der Waals surface area contributed by atoms with Crippen molar-refractivity contribution in [2.75, 3.05) is 5.32 Å². The van der Waals surface area contributed by atoms with Gasteiger partial charge in [-0.25, -0.2) is 9.37 Å². The molecule has 1 aliphatic carbocycles. The highest BCUT2D eigenvalue weighted by molar-refractivity contribution is 7.14. The highest BCUT2D eigenvalue weighted by Gasteiger charge is 2.50. The number of hydrogen-bond donors (Lipinski definition) is 1. The van der Waals surface area contributed by atoms with Gasteiger partial charge >= 0.3 is 0 Å². The largest absolute Gasteiger partial charge is 0.300 e. The molecular weight excluding hydrogens is 381 g/mol. The van der Waals surface area contributed by atoms with E-state index in [-0.39, 0.29) is 29.5 Å². The minimum Gasteiger partial charge on any atom is -0.300 e. The van der Waals surface area contributed by atoms with Gasteiger partial charge in [-0.2, -0.15) is 0 Å². The molecule has 8 heteroatoms. The van der Waals surface area contributed by atoms with Crippen LogP contribution < -0.4 is 5.32 Å². The highest BCUT2D eigenvalue weighted by atomic mass is 32.1. The Hall–Kier alpha value is -2.87. The number of halogens is 1. The molecular formula is C20H18FN3O3S. The second kappa shape index (κ2) is 7.27. The van der Waals surface area contributed by atoms with Crippen molar-refractivity contribution in [2.45, 2.75) is 25.8 Å². The summed E-state index contributed by atoms with van der Waals surface area (Å²) in [4.78, 5) is 43.3. The van der Waals surface area contributed by atoms with Crippen LogP contribution in [0.25, 0.3) is 11.3 Å². The van der Waals surface area contributed by atoms with Gasteiger partial charge in [-0.3, -0.25) is 19.3 Å². The molecule has 3 amide bonds. The lowest BCUT2D eigenvalue weighted by Crippen LogP contribution is -2.46. The number of carbonyl (C=O) groups excluding carboxylic acids is 3. The Bertz CT molecular complexity index is 943. The van der Waals surface area contributed by atoms with Crippen molar-refractivity contribution < 1.29 is 18.8 Å². The van der Waals surface area contributed by atoms with Crippen molar-refractivity contribution >= 4 is 34.2 Å². The van der Waals surface area contributed by atoms with Crippen LogP contribution in [0.15, 0.2) is 41.8 Å². The van der Waals surface area contributed by atoms with Crippen LogP contribution in [0.3, 0.4) is 0 Å². The monoisotopic (exact) mass is 399 g/mol. The molecule has 0 radical (unpaired) electrons. The SMILES string of the molecule is C[C@@H](C(=O)Nc1nc(-c2ccc(F)cc2)cs1)N1C(=O)[C@H]2CC=CC[C@@H]2C1=O. The zero-order chi connectivity index (χ0) is 19.8. The van der Waals surface area contributed by atoms with Gasteiger partial charge < -0.3 is 5.32 Å². The van der Waals surface area contributed by atoms with Crippen LogP contribution in [0.4, 0.5) is 9.52 Å². The topological polar surface area (TPSA) is 79.4 Å². The normalized spacial score (nSPS) is 22.3. The molecule has 6 nitrogen and oxygen atoms in total. The van der Waals surface area contributed by atoms with E-state index in [1.54, 1.807) is 24.4 Å². The van der Waals surface area contributed by atoms with E-state index in [1.807, 2.05) is 12.2 Å². The number of carbonyl (C=O) groups is 3. The van der Waals surface area contributed by atoms with Gasteiger partial charge in [0.2, 0.25) is 17.7 Å². The summed E-state index contributed by atoms with van der Waals surface area (Å²) in [5.41, 5.74) is 1.34. The molecule has 144 valence electrons. The van der Waals surface area contributed by atoms with Gasteiger partial charge in [0.05, 0.1) is 17.5 Å². The predicted molar refractivity (Wildman–Crippen MR) is 103 cm³/mol. The number of aromatic nitrogens is 1. The fourth-order valence-corrected chi connectivity index (χ4v) is 4.34. The summed E-state index contributed by atoms with van der Waals surface area (Å²) in [6, 6.07) is 4.98. The van der Waals surface area contributed by atoms with E-state index in [1.165, 1.54) is 23.5 Å². The van der Waals surface area contributed by atoms with Gasteiger partial charge in [0.15, 0.2) is 5.13 Å². The standard InChI is InChI=1S/C20H18FN3O3S/c1-11(24-18(26)14-4-2-3-5-15(14)19(24)27)17(25)23-20-22-16(10-28-20)12-6-8-13(21)9-7-12/h2-3,6-11,14-15H,4-5H2,1H3,(H,22,23,25)/t11-,14-,15-/m0/s1. The van der Waals surface area contributed by atoms with Gasteiger partial charge in [-0.15, -0.1) is 11.3 Å². The van der Waals surface area contributed by atoms with Gasteiger partial charge in [0.1, 0.15) is 11.9 Å². The Labute approximate surface area is 165 Å². The Balaban J connectivity index is 1.46. The van der Waals surface area contributed by atoms with Crippen LogP contribution in [0, 0.1) is 17.7 Å². The molecule has 1 aromatic carbocycles. The lowest BCUT2D eigenvalue weighted by atomic mass is 9.85. The maximum atomic E-state index is 13.1. The molecule has 1 fully saturated rings. The molecule has 0 saturated carbocycles. The third-order valence-corrected chi connectivity index (χ3v) is 5.94. The lowest BCUT2D eigenvalue weighted by Gasteiger charge is -2.21.